The summed E-state index contributed by atoms with van der Waals surface area (Å²) in [6.07, 6.45) is 2.81. The predicted octanol–water partition coefficient (Wildman–Crippen LogP) is 1.80. The Morgan fingerprint density at radius 3 is 2.96 bits per heavy atom. The highest BCUT2D eigenvalue weighted by Gasteiger charge is 2.31. The normalized spacial score (nSPS) is 20.3. The first-order chi connectivity index (χ1) is 12.6. The Labute approximate surface area is 157 Å². The Balaban J connectivity index is 1.67. The number of carbonyl (C=O) groups is 2. The van der Waals surface area contributed by atoms with E-state index in [1.54, 1.807) is 4.68 Å². The molecule has 2 amide bonds. The summed E-state index contributed by atoms with van der Waals surface area (Å²) in [5, 5.41) is 11.0. The van der Waals surface area contributed by atoms with Crippen molar-refractivity contribution >= 4 is 34.4 Å². The van der Waals surface area contributed by atoms with Crippen molar-refractivity contribution in [3.05, 3.63) is 24.3 Å². The van der Waals surface area contributed by atoms with Crippen LogP contribution in [0.5, 0.6) is 0 Å². The molecule has 0 aliphatic carbocycles. The Morgan fingerprint density at radius 1 is 1.35 bits per heavy atom. The van der Waals surface area contributed by atoms with E-state index >= 15 is 0 Å². The highest BCUT2D eigenvalue weighted by Crippen LogP contribution is 2.26. The third kappa shape index (κ3) is 4.15. The topological polar surface area (TPSA) is 80.1 Å². The number of aromatic nitrogens is 3. The van der Waals surface area contributed by atoms with Crippen LogP contribution in [-0.2, 0) is 16.1 Å². The molecule has 0 spiro atoms. The molecule has 2 aromatic rings. The zero-order valence-electron chi connectivity index (χ0n) is 14.9. The number of amides is 2. The Bertz CT molecular complexity index is 778. The molecule has 1 aliphatic rings. The van der Waals surface area contributed by atoms with Crippen LogP contribution >= 0.6 is 11.6 Å². The first kappa shape index (κ1) is 18.6. The summed E-state index contributed by atoms with van der Waals surface area (Å²) >= 11 is 5.52. The van der Waals surface area contributed by atoms with Crippen molar-refractivity contribution < 1.29 is 9.59 Å². The third-order valence-corrected chi connectivity index (χ3v) is 5.27. The number of rotatable bonds is 6. The van der Waals surface area contributed by atoms with Crippen LogP contribution in [-0.4, -0.2) is 56.7 Å². The fourth-order valence-corrected chi connectivity index (χ4v) is 3.75. The molecule has 1 aromatic carbocycles. The number of carbonyl (C=O) groups excluding carboxylic acids is 2. The van der Waals surface area contributed by atoms with E-state index in [-0.39, 0.29) is 30.3 Å². The average molecular weight is 378 g/mol. The second kappa shape index (κ2) is 8.49. The number of fused-ring (bicyclic) bond motifs is 1. The van der Waals surface area contributed by atoms with Gasteiger partial charge in [0.2, 0.25) is 11.8 Å². The van der Waals surface area contributed by atoms with Gasteiger partial charge in [0.1, 0.15) is 17.9 Å². The summed E-state index contributed by atoms with van der Waals surface area (Å²) < 4.78 is 1.66. The number of hydrogen-bond donors (Lipinski definition) is 1. The second-order valence-electron chi connectivity index (χ2n) is 6.78. The van der Waals surface area contributed by atoms with Crippen molar-refractivity contribution in [3.63, 3.8) is 0 Å². The molecule has 3 rings (SSSR count). The highest BCUT2D eigenvalue weighted by molar-refractivity contribution is 6.27. The highest BCUT2D eigenvalue weighted by atomic mass is 35.5. The third-order valence-electron chi connectivity index (χ3n) is 5.02. The van der Waals surface area contributed by atoms with Crippen LogP contribution in [0.15, 0.2) is 24.3 Å². The van der Waals surface area contributed by atoms with Gasteiger partial charge in [0.25, 0.3) is 0 Å². The lowest BCUT2D eigenvalue weighted by Gasteiger charge is -2.40. The summed E-state index contributed by atoms with van der Waals surface area (Å²) in [6.45, 7) is 3.61. The molecular formula is C18H24ClN5O2. The molecule has 2 atom stereocenters. The van der Waals surface area contributed by atoms with Gasteiger partial charge >= 0.3 is 0 Å². The maximum Gasteiger partial charge on any atom is 0.244 e. The van der Waals surface area contributed by atoms with Gasteiger partial charge < -0.3 is 10.2 Å². The van der Waals surface area contributed by atoms with Crippen molar-refractivity contribution in [1.82, 2.24) is 25.2 Å². The zero-order valence-corrected chi connectivity index (χ0v) is 15.7. The van der Waals surface area contributed by atoms with Crippen LogP contribution in [0.3, 0.4) is 0 Å². The van der Waals surface area contributed by atoms with E-state index in [9.17, 15) is 9.59 Å². The fourth-order valence-electron chi connectivity index (χ4n) is 3.66. The minimum absolute atomic E-state index is 0.0394. The lowest BCUT2D eigenvalue weighted by molar-refractivity contribution is -0.137. The van der Waals surface area contributed by atoms with E-state index in [4.69, 9.17) is 11.6 Å². The molecule has 1 fully saturated rings. The van der Waals surface area contributed by atoms with Gasteiger partial charge in [-0.15, -0.1) is 16.7 Å². The summed E-state index contributed by atoms with van der Waals surface area (Å²) in [5.41, 5.74) is 1.64. The molecule has 8 heteroatoms. The number of benzene rings is 1. The Morgan fingerprint density at radius 2 is 2.15 bits per heavy atom. The van der Waals surface area contributed by atoms with Gasteiger partial charge in [-0.05, 0) is 37.3 Å². The molecule has 1 saturated heterocycles. The number of nitrogens with one attached hydrogen (secondary N) is 1. The fraction of sp³-hybridized carbons (Fsp3) is 0.556. The first-order valence-electron chi connectivity index (χ1n) is 9.00. The van der Waals surface area contributed by atoms with Crippen molar-refractivity contribution in [2.45, 2.75) is 38.8 Å². The van der Waals surface area contributed by atoms with E-state index in [1.807, 2.05) is 29.2 Å². The lowest BCUT2D eigenvalue weighted by atomic mass is 9.88. The van der Waals surface area contributed by atoms with Crippen molar-refractivity contribution in [1.29, 1.82) is 0 Å². The van der Waals surface area contributed by atoms with E-state index in [0.717, 1.165) is 36.8 Å². The van der Waals surface area contributed by atoms with Crippen LogP contribution in [0.25, 0.3) is 11.0 Å². The molecule has 1 aromatic heterocycles. The lowest BCUT2D eigenvalue weighted by Crippen LogP contribution is -2.50. The second-order valence-corrected chi connectivity index (χ2v) is 7.05. The van der Waals surface area contributed by atoms with E-state index in [1.165, 1.54) is 0 Å². The summed E-state index contributed by atoms with van der Waals surface area (Å²) in [4.78, 5) is 26.2. The van der Waals surface area contributed by atoms with E-state index in [0.29, 0.717) is 12.5 Å². The molecule has 1 aliphatic heterocycles. The van der Waals surface area contributed by atoms with E-state index in [2.05, 4.69) is 22.6 Å². The van der Waals surface area contributed by atoms with Gasteiger partial charge in [-0.25, -0.2) is 4.68 Å². The largest absolute Gasteiger partial charge is 0.355 e. The summed E-state index contributed by atoms with van der Waals surface area (Å²) in [5.74, 6) is 0.221. The van der Waals surface area contributed by atoms with Crippen LogP contribution in [0.4, 0.5) is 0 Å². The van der Waals surface area contributed by atoms with Crippen LogP contribution in [0.1, 0.15) is 26.2 Å². The van der Waals surface area contributed by atoms with Gasteiger partial charge in [-0.2, -0.15) is 0 Å². The molecule has 0 saturated carbocycles. The molecule has 0 bridgehead atoms. The van der Waals surface area contributed by atoms with Crippen molar-refractivity contribution in [3.8, 4) is 0 Å². The predicted molar refractivity (Wildman–Crippen MR) is 99.8 cm³/mol. The molecule has 26 heavy (non-hydrogen) atoms. The SMILES string of the molecule is CC1CCCN(C(=O)Cn2nnc3ccccc32)C1CCNC(=O)CCl. The zero-order chi connectivity index (χ0) is 18.5. The van der Waals surface area contributed by atoms with Gasteiger partial charge in [-0.1, -0.05) is 24.3 Å². The molecular weight excluding hydrogens is 354 g/mol. The number of likely N-dealkylation sites (tertiary alicyclic amines) is 1. The average Bonchev–Trinajstić information content (AvgIpc) is 3.05. The molecule has 0 radical (unpaired) electrons. The maximum absolute atomic E-state index is 12.9. The minimum atomic E-state index is -0.179. The van der Waals surface area contributed by atoms with Gasteiger partial charge in [0, 0.05) is 19.1 Å². The molecule has 2 unspecified atom stereocenters. The van der Waals surface area contributed by atoms with Crippen molar-refractivity contribution in [2.75, 3.05) is 19.0 Å². The molecule has 7 nitrogen and oxygen atoms in total. The molecule has 140 valence electrons. The van der Waals surface area contributed by atoms with Crippen LogP contribution in [0.2, 0.25) is 0 Å². The van der Waals surface area contributed by atoms with Gasteiger partial charge in [0.15, 0.2) is 0 Å². The van der Waals surface area contributed by atoms with Gasteiger partial charge in [0.05, 0.1) is 5.52 Å². The number of piperidine rings is 1. The number of alkyl halides is 1. The Hall–Kier alpha value is -2.15. The standard InChI is InChI=1S/C18H24ClN5O2/c1-13-5-4-10-23(15(13)8-9-20-17(25)11-19)18(26)12-24-16-7-3-2-6-14(16)21-22-24/h2-3,6-7,13,15H,4-5,8-12H2,1H3,(H,20,25). The smallest absolute Gasteiger partial charge is 0.244 e. The van der Waals surface area contributed by atoms with Crippen LogP contribution in [0, 0.1) is 5.92 Å². The number of hydrogen-bond acceptors (Lipinski definition) is 4. The van der Waals surface area contributed by atoms with Crippen molar-refractivity contribution in [2.24, 2.45) is 5.92 Å². The number of para-hydroxylation sites is 1. The Kier molecular flexibility index (Phi) is 6.08. The molecule has 1 N–H and O–H groups in total. The number of halogens is 1. The monoisotopic (exact) mass is 377 g/mol. The summed E-state index contributed by atoms with van der Waals surface area (Å²) in [6, 6.07) is 7.73. The maximum atomic E-state index is 12.9. The van der Waals surface area contributed by atoms with Gasteiger partial charge in [-0.3, -0.25) is 9.59 Å². The minimum Gasteiger partial charge on any atom is -0.355 e. The molecule has 2 heterocycles. The number of nitrogens with zero attached hydrogens (tertiary/aromatic N) is 4. The summed E-state index contributed by atoms with van der Waals surface area (Å²) in [7, 11) is 0. The quantitative estimate of drug-likeness (QED) is 0.778. The van der Waals surface area contributed by atoms with Crippen LogP contribution < -0.4 is 5.32 Å². The van der Waals surface area contributed by atoms with E-state index < -0.39 is 0 Å². The first-order valence-corrected chi connectivity index (χ1v) is 9.54.